The molecule has 0 aromatic heterocycles. The Hall–Kier alpha value is -2.38. The van der Waals surface area contributed by atoms with Crippen LogP contribution in [-0.2, 0) is 16.1 Å². The fraction of sp³-hybridized carbons (Fsp3) is 0.300. The molecule has 28 heavy (non-hydrogen) atoms. The predicted octanol–water partition coefficient (Wildman–Crippen LogP) is 3.69. The van der Waals surface area contributed by atoms with E-state index in [1.54, 1.807) is 68.6 Å². The topological polar surface area (TPSA) is 67.9 Å². The normalized spacial score (nSPS) is 10.3. The lowest BCUT2D eigenvalue weighted by atomic mass is 10.2. The van der Waals surface area contributed by atoms with E-state index in [4.69, 9.17) is 21.1 Å². The van der Waals surface area contributed by atoms with Crippen LogP contribution >= 0.6 is 23.4 Å². The zero-order valence-corrected chi connectivity index (χ0v) is 17.6. The molecular formula is C20H23ClN2O4S. The number of carbonyl (C=O) groups excluding carboxylic acids is 2. The van der Waals surface area contributed by atoms with Gasteiger partial charge >= 0.3 is 0 Å². The van der Waals surface area contributed by atoms with E-state index in [1.807, 2.05) is 0 Å². The quantitative estimate of drug-likeness (QED) is 0.667. The largest absolute Gasteiger partial charge is 0.497 e. The van der Waals surface area contributed by atoms with Crippen molar-refractivity contribution in [2.75, 3.05) is 38.1 Å². The van der Waals surface area contributed by atoms with Crippen molar-refractivity contribution in [2.45, 2.75) is 6.54 Å². The van der Waals surface area contributed by atoms with Gasteiger partial charge in [-0.15, -0.1) is 11.8 Å². The minimum absolute atomic E-state index is 0.0794. The standard InChI is InChI=1S/C20H23ClN2O4S/c1-23(11-14-10-15(21)4-9-18(14)27-3)20(25)13-28-12-19(24)22-16-5-7-17(26-2)8-6-16/h4-10H,11-13H2,1-3H3,(H,22,24). The molecular weight excluding hydrogens is 400 g/mol. The number of amides is 2. The van der Waals surface area contributed by atoms with Gasteiger partial charge in [0, 0.05) is 29.9 Å². The molecule has 0 saturated heterocycles. The molecule has 2 amide bonds. The highest BCUT2D eigenvalue weighted by Crippen LogP contribution is 2.24. The molecule has 0 bridgehead atoms. The number of hydrogen-bond acceptors (Lipinski definition) is 5. The summed E-state index contributed by atoms with van der Waals surface area (Å²) in [4.78, 5) is 25.9. The highest BCUT2D eigenvalue weighted by atomic mass is 35.5. The van der Waals surface area contributed by atoms with Gasteiger partial charge in [-0.3, -0.25) is 9.59 Å². The maximum Gasteiger partial charge on any atom is 0.234 e. The molecule has 0 unspecified atom stereocenters. The number of nitrogens with zero attached hydrogens (tertiary/aromatic N) is 1. The average molecular weight is 423 g/mol. The van der Waals surface area contributed by atoms with Gasteiger partial charge in [0.25, 0.3) is 0 Å². The fourth-order valence-corrected chi connectivity index (χ4v) is 3.38. The summed E-state index contributed by atoms with van der Waals surface area (Å²) in [5.41, 5.74) is 1.51. The van der Waals surface area contributed by atoms with Gasteiger partial charge in [-0.2, -0.15) is 0 Å². The molecule has 2 aromatic rings. The highest BCUT2D eigenvalue weighted by molar-refractivity contribution is 8.00. The fourth-order valence-electron chi connectivity index (χ4n) is 2.43. The maximum absolute atomic E-state index is 12.3. The van der Waals surface area contributed by atoms with E-state index < -0.39 is 0 Å². The van der Waals surface area contributed by atoms with E-state index in [0.717, 1.165) is 11.3 Å². The van der Waals surface area contributed by atoms with Crippen LogP contribution in [-0.4, -0.2) is 49.5 Å². The van der Waals surface area contributed by atoms with E-state index >= 15 is 0 Å². The van der Waals surface area contributed by atoms with Crippen molar-refractivity contribution in [3.05, 3.63) is 53.1 Å². The number of halogens is 1. The van der Waals surface area contributed by atoms with Gasteiger partial charge in [0.15, 0.2) is 0 Å². The lowest BCUT2D eigenvalue weighted by Crippen LogP contribution is -2.28. The average Bonchev–Trinajstić information content (AvgIpc) is 2.68. The Morgan fingerprint density at radius 1 is 1.07 bits per heavy atom. The third kappa shape index (κ3) is 6.65. The first-order valence-electron chi connectivity index (χ1n) is 8.51. The third-order valence-corrected chi connectivity index (χ3v) is 5.06. The molecule has 150 valence electrons. The summed E-state index contributed by atoms with van der Waals surface area (Å²) in [6.07, 6.45) is 0. The molecule has 0 aliphatic heterocycles. The van der Waals surface area contributed by atoms with Crippen LogP contribution in [0.3, 0.4) is 0 Å². The van der Waals surface area contributed by atoms with Crippen molar-refractivity contribution in [3.8, 4) is 11.5 Å². The number of hydrogen-bond donors (Lipinski definition) is 1. The van der Waals surface area contributed by atoms with E-state index in [-0.39, 0.29) is 23.3 Å². The lowest BCUT2D eigenvalue weighted by molar-refractivity contribution is -0.127. The van der Waals surface area contributed by atoms with E-state index in [1.165, 1.54) is 11.8 Å². The van der Waals surface area contributed by atoms with Crippen LogP contribution in [0.2, 0.25) is 5.02 Å². The second-order valence-electron chi connectivity index (χ2n) is 5.98. The summed E-state index contributed by atoms with van der Waals surface area (Å²) in [5.74, 6) is 1.54. The summed E-state index contributed by atoms with van der Waals surface area (Å²) < 4.78 is 10.4. The van der Waals surface area contributed by atoms with Gasteiger partial charge in [-0.05, 0) is 42.5 Å². The third-order valence-electron chi connectivity index (χ3n) is 3.91. The molecule has 0 aliphatic carbocycles. The molecule has 2 aromatic carbocycles. The monoisotopic (exact) mass is 422 g/mol. The molecule has 8 heteroatoms. The van der Waals surface area contributed by atoms with Crippen molar-refractivity contribution < 1.29 is 19.1 Å². The Kier molecular flexibility index (Phi) is 8.47. The first-order valence-corrected chi connectivity index (χ1v) is 10.0. The first-order chi connectivity index (χ1) is 13.4. The number of rotatable bonds is 9. The Morgan fingerprint density at radius 3 is 2.43 bits per heavy atom. The molecule has 0 fully saturated rings. The lowest BCUT2D eigenvalue weighted by Gasteiger charge is -2.19. The van der Waals surface area contributed by atoms with Crippen molar-refractivity contribution in [2.24, 2.45) is 0 Å². The van der Waals surface area contributed by atoms with Crippen molar-refractivity contribution in [1.29, 1.82) is 0 Å². The number of methoxy groups -OCH3 is 2. The molecule has 2 rings (SSSR count). The van der Waals surface area contributed by atoms with Gasteiger partial charge in [0.1, 0.15) is 11.5 Å². The summed E-state index contributed by atoms with van der Waals surface area (Å²) in [6, 6.07) is 12.4. The smallest absolute Gasteiger partial charge is 0.234 e. The van der Waals surface area contributed by atoms with Crippen molar-refractivity contribution >= 4 is 40.9 Å². The van der Waals surface area contributed by atoms with Gasteiger partial charge < -0.3 is 19.7 Å². The first kappa shape index (κ1) is 21.9. The van der Waals surface area contributed by atoms with E-state index in [9.17, 15) is 9.59 Å². The Morgan fingerprint density at radius 2 is 1.79 bits per heavy atom. The zero-order valence-electron chi connectivity index (χ0n) is 16.0. The van der Waals surface area contributed by atoms with Gasteiger partial charge in [0.05, 0.1) is 25.7 Å². The zero-order chi connectivity index (χ0) is 20.5. The number of nitrogens with one attached hydrogen (secondary N) is 1. The van der Waals surface area contributed by atoms with E-state index in [2.05, 4.69) is 5.32 Å². The number of carbonyl (C=O) groups is 2. The van der Waals surface area contributed by atoms with Crippen LogP contribution in [0, 0.1) is 0 Å². The molecule has 0 spiro atoms. The van der Waals surface area contributed by atoms with Crippen LogP contribution < -0.4 is 14.8 Å². The minimum Gasteiger partial charge on any atom is -0.497 e. The summed E-state index contributed by atoms with van der Waals surface area (Å²) in [6.45, 7) is 0.376. The van der Waals surface area contributed by atoms with Gasteiger partial charge in [0.2, 0.25) is 11.8 Å². The Bertz CT molecular complexity index is 814. The van der Waals surface area contributed by atoms with Crippen LogP contribution in [0.4, 0.5) is 5.69 Å². The molecule has 0 atom stereocenters. The van der Waals surface area contributed by atoms with Crippen molar-refractivity contribution in [3.63, 3.8) is 0 Å². The molecule has 0 aliphatic rings. The Balaban J connectivity index is 1.78. The maximum atomic E-state index is 12.3. The van der Waals surface area contributed by atoms with Crippen LogP contribution in [0.5, 0.6) is 11.5 Å². The highest BCUT2D eigenvalue weighted by Gasteiger charge is 2.13. The molecule has 6 nitrogen and oxygen atoms in total. The minimum atomic E-state index is -0.165. The summed E-state index contributed by atoms with van der Waals surface area (Å²) in [7, 11) is 4.87. The molecule has 0 saturated carbocycles. The van der Waals surface area contributed by atoms with Crippen LogP contribution in [0.15, 0.2) is 42.5 Å². The molecule has 0 heterocycles. The number of thioether (sulfide) groups is 1. The van der Waals surface area contributed by atoms with Crippen LogP contribution in [0.1, 0.15) is 5.56 Å². The number of ether oxygens (including phenoxy) is 2. The molecule has 0 radical (unpaired) electrons. The summed E-state index contributed by atoms with van der Waals surface area (Å²) >= 11 is 7.29. The summed E-state index contributed by atoms with van der Waals surface area (Å²) in [5, 5.41) is 3.37. The van der Waals surface area contributed by atoms with Crippen molar-refractivity contribution in [1.82, 2.24) is 4.90 Å². The Labute approximate surface area is 174 Å². The predicted molar refractivity (Wildman–Crippen MR) is 113 cm³/mol. The number of anilines is 1. The van der Waals surface area contributed by atoms with Crippen LogP contribution in [0.25, 0.3) is 0 Å². The second kappa shape index (κ2) is 10.8. The SMILES string of the molecule is COc1ccc(NC(=O)CSCC(=O)N(C)Cc2cc(Cl)ccc2OC)cc1. The molecule has 1 N–H and O–H groups in total. The van der Waals surface area contributed by atoms with E-state index in [0.29, 0.717) is 23.0 Å². The second-order valence-corrected chi connectivity index (χ2v) is 7.40. The van der Waals surface area contributed by atoms with Gasteiger partial charge in [-0.25, -0.2) is 0 Å². The number of benzene rings is 2. The van der Waals surface area contributed by atoms with Gasteiger partial charge in [-0.1, -0.05) is 11.6 Å².